The molecule has 0 spiro atoms. The molecule has 1 aromatic carbocycles. The topological polar surface area (TPSA) is 75.7 Å². The van der Waals surface area contributed by atoms with Crippen LogP contribution in [0.1, 0.15) is 11.1 Å². The quantitative estimate of drug-likeness (QED) is 0.326. The highest BCUT2D eigenvalue weighted by Gasteiger charge is 2.08. The van der Waals surface area contributed by atoms with Gasteiger partial charge in [0.2, 0.25) is 0 Å². The van der Waals surface area contributed by atoms with E-state index in [4.69, 9.17) is 5.21 Å². The summed E-state index contributed by atoms with van der Waals surface area (Å²) in [5, 5.41) is 21.5. The lowest BCUT2D eigenvalue weighted by Crippen LogP contribution is -1.92. The second-order valence-electron chi connectivity index (χ2n) is 2.55. The van der Waals surface area contributed by atoms with Crippen LogP contribution in [0.5, 0.6) is 0 Å². The van der Waals surface area contributed by atoms with Crippen LogP contribution in [0.3, 0.4) is 0 Å². The van der Waals surface area contributed by atoms with E-state index in [1.54, 1.807) is 13.0 Å². The summed E-state index contributed by atoms with van der Waals surface area (Å²) in [7, 11) is 0. The first-order chi connectivity index (χ1) is 6.15. The van der Waals surface area contributed by atoms with Gasteiger partial charge < -0.3 is 5.21 Å². The minimum atomic E-state index is -0.449. The van der Waals surface area contributed by atoms with Crippen molar-refractivity contribution in [2.45, 2.75) is 6.92 Å². The van der Waals surface area contributed by atoms with Gasteiger partial charge in [0.25, 0.3) is 5.69 Å². The molecule has 0 aliphatic carbocycles. The minimum Gasteiger partial charge on any atom is -0.411 e. The molecule has 5 heteroatoms. The summed E-state index contributed by atoms with van der Waals surface area (Å²) in [6.07, 6.45) is 1.22. The Bertz CT molecular complexity index is 360. The normalized spacial score (nSPS) is 10.5. The molecule has 0 aliphatic heterocycles. The van der Waals surface area contributed by atoms with E-state index in [9.17, 15) is 10.1 Å². The summed E-state index contributed by atoms with van der Waals surface area (Å²) in [4.78, 5) is 9.96. The number of rotatable bonds is 2. The maximum Gasteiger partial charge on any atom is 0.272 e. The van der Waals surface area contributed by atoms with Crippen LogP contribution in [0, 0.1) is 17.0 Å². The molecule has 13 heavy (non-hydrogen) atoms. The molecule has 1 rings (SSSR count). The zero-order chi connectivity index (χ0) is 9.84. The van der Waals surface area contributed by atoms with E-state index in [1.165, 1.54) is 18.3 Å². The molecule has 1 aromatic rings. The van der Waals surface area contributed by atoms with Gasteiger partial charge in [-0.1, -0.05) is 5.16 Å². The molecule has 0 saturated carbocycles. The van der Waals surface area contributed by atoms with E-state index in [0.717, 1.165) is 0 Å². The average molecular weight is 180 g/mol. The second kappa shape index (κ2) is 3.66. The Morgan fingerprint density at radius 1 is 1.62 bits per heavy atom. The molecule has 0 aliphatic rings. The summed E-state index contributed by atoms with van der Waals surface area (Å²) in [6, 6.07) is 4.48. The van der Waals surface area contributed by atoms with Crippen molar-refractivity contribution >= 4 is 11.9 Å². The summed E-state index contributed by atoms with van der Waals surface area (Å²) in [5.41, 5.74) is 1.24. The van der Waals surface area contributed by atoms with E-state index < -0.39 is 4.92 Å². The second-order valence-corrected chi connectivity index (χ2v) is 2.55. The Morgan fingerprint density at radius 2 is 2.31 bits per heavy atom. The SMILES string of the molecule is Cc1cc(C=NO)ccc1[N+](=O)[O-]. The number of hydrogen-bond acceptors (Lipinski definition) is 4. The zero-order valence-corrected chi connectivity index (χ0v) is 6.97. The van der Waals surface area contributed by atoms with E-state index in [1.807, 2.05) is 0 Å². The number of hydrogen-bond donors (Lipinski definition) is 1. The van der Waals surface area contributed by atoms with Crippen LogP contribution >= 0.6 is 0 Å². The standard InChI is InChI=1S/C8H8N2O3/c1-6-4-7(5-9-11)2-3-8(6)10(12)13/h2-5,11H,1H3. The van der Waals surface area contributed by atoms with Gasteiger partial charge in [-0.2, -0.15) is 0 Å². The Labute approximate surface area is 74.5 Å². The van der Waals surface area contributed by atoms with E-state index >= 15 is 0 Å². The molecule has 0 atom stereocenters. The lowest BCUT2D eigenvalue weighted by Gasteiger charge is -1.97. The van der Waals surface area contributed by atoms with Crippen molar-refractivity contribution in [3.8, 4) is 0 Å². The third-order valence-corrected chi connectivity index (χ3v) is 1.62. The van der Waals surface area contributed by atoms with Crippen LogP contribution in [0.25, 0.3) is 0 Å². The van der Waals surface area contributed by atoms with Gasteiger partial charge in [0.15, 0.2) is 0 Å². The highest BCUT2D eigenvalue weighted by molar-refractivity contribution is 5.80. The fraction of sp³-hybridized carbons (Fsp3) is 0.125. The van der Waals surface area contributed by atoms with Crippen LogP contribution in [0.15, 0.2) is 23.4 Å². The van der Waals surface area contributed by atoms with Gasteiger partial charge in [-0.05, 0) is 24.6 Å². The van der Waals surface area contributed by atoms with Crippen LogP contribution in [0.4, 0.5) is 5.69 Å². The van der Waals surface area contributed by atoms with Crippen LogP contribution in [-0.4, -0.2) is 16.3 Å². The van der Waals surface area contributed by atoms with Gasteiger partial charge >= 0.3 is 0 Å². The molecule has 5 nitrogen and oxygen atoms in total. The molecule has 0 radical (unpaired) electrons. The van der Waals surface area contributed by atoms with E-state index in [2.05, 4.69) is 5.16 Å². The zero-order valence-electron chi connectivity index (χ0n) is 6.97. The molecular weight excluding hydrogens is 172 g/mol. The first-order valence-corrected chi connectivity index (χ1v) is 3.57. The maximum atomic E-state index is 10.4. The average Bonchev–Trinajstić information content (AvgIpc) is 2.04. The van der Waals surface area contributed by atoms with Crippen molar-refractivity contribution < 1.29 is 10.1 Å². The van der Waals surface area contributed by atoms with Crippen LogP contribution in [-0.2, 0) is 0 Å². The molecule has 68 valence electrons. The highest BCUT2D eigenvalue weighted by Crippen LogP contribution is 2.17. The summed E-state index contributed by atoms with van der Waals surface area (Å²) >= 11 is 0. The fourth-order valence-electron chi connectivity index (χ4n) is 1.03. The van der Waals surface area contributed by atoms with Gasteiger partial charge in [-0.25, -0.2) is 0 Å². The first kappa shape index (κ1) is 9.18. The number of nitro groups is 1. The van der Waals surface area contributed by atoms with Crippen molar-refractivity contribution in [3.05, 3.63) is 39.4 Å². The van der Waals surface area contributed by atoms with Gasteiger partial charge in [0, 0.05) is 11.6 Å². The number of aryl methyl sites for hydroxylation is 1. The summed E-state index contributed by atoms with van der Waals surface area (Å²) in [5.74, 6) is 0. The summed E-state index contributed by atoms with van der Waals surface area (Å²) < 4.78 is 0. The molecule has 1 N–H and O–H groups in total. The lowest BCUT2D eigenvalue weighted by atomic mass is 10.1. The largest absolute Gasteiger partial charge is 0.411 e. The molecule has 0 heterocycles. The van der Waals surface area contributed by atoms with Crippen molar-refractivity contribution in [2.75, 3.05) is 0 Å². The number of benzene rings is 1. The molecule has 0 bridgehead atoms. The summed E-state index contributed by atoms with van der Waals surface area (Å²) in [6.45, 7) is 1.63. The molecular formula is C8H8N2O3. The number of oxime groups is 1. The lowest BCUT2D eigenvalue weighted by molar-refractivity contribution is -0.385. The third-order valence-electron chi connectivity index (χ3n) is 1.62. The van der Waals surface area contributed by atoms with Crippen molar-refractivity contribution in [3.63, 3.8) is 0 Å². The van der Waals surface area contributed by atoms with Gasteiger partial charge in [-0.15, -0.1) is 0 Å². The Kier molecular flexibility index (Phi) is 2.59. The first-order valence-electron chi connectivity index (χ1n) is 3.57. The Balaban J connectivity index is 3.12. The Hall–Kier alpha value is -1.91. The molecule has 0 saturated heterocycles. The van der Waals surface area contributed by atoms with Crippen LogP contribution in [0.2, 0.25) is 0 Å². The number of nitrogens with zero attached hydrogens (tertiary/aromatic N) is 2. The fourth-order valence-corrected chi connectivity index (χ4v) is 1.03. The van der Waals surface area contributed by atoms with E-state index in [0.29, 0.717) is 11.1 Å². The molecule has 0 aromatic heterocycles. The molecule has 0 amide bonds. The predicted molar refractivity (Wildman–Crippen MR) is 47.2 cm³/mol. The van der Waals surface area contributed by atoms with Crippen molar-refractivity contribution in [2.24, 2.45) is 5.16 Å². The van der Waals surface area contributed by atoms with Gasteiger partial charge in [-0.3, -0.25) is 10.1 Å². The van der Waals surface area contributed by atoms with Crippen LogP contribution < -0.4 is 0 Å². The molecule has 0 unspecified atom stereocenters. The minimum absolute atomic E-state index is 0.0649. The van der Waals surface area contributed by atoms with Gasteiger partial charge in [0.1, 0.15) is 0 Å². The smallest absolute Gasteiger partial charge is 0.272 e. The number of nitro benzene ring substituents is 1. The van der Waals surface area contributed by atoms with Gasteiger partial charge in [0.05, 0.1) is 11.1 Å². The predicted octanol–water partition coefficient (Wildman–Crippen LogP) is 1.71. The maximum absolute atomic E-state index is 10.4. The molecule has 0 fully saturated rings. The monoisotopic (exact) mass is 180 g/mol. The third kappa shape index (κ3) is 2.02. The Morgan fingerprint density at radius 3 is 2.77 bits per heavy atom. The van der Waals surface area contributed by atoms with Crippen molar-refractivity contribution in [1.29, 1.82) is 0 Å². The van der Waals surface area contributed by atoms with Crippen molar-refractivity contribution in [1.82, 2.24) is 0 Å². The van der Waals surface area contributed by atoms with E-state index in [-0.39, 0.29) is 5.69 Å². The highest BCUT2D eigenvalue weighted by atomic mass is 16.6.